The zero-order chi connectivity index (χ0) is 20.2. The molecule has 0 bridgehead atoms. The van der Waals surface area contributed by atoms with Gasteiger partial charge in [0.15, 0.2) is 0 Å². The summed E-state index contributed by atoms with van der Waals surface area (Å²) in [6.45, 7) is 3.24. The van der Waals surface area contributed by atoms with Crippen molar-refractivity contribution in [2.45, 2.75) is 19.9 Å². The van der Waals surface area contributed by atoms with Gasteiger partial charge < -0.3 is 5.32 Å². The van der Waals surface area contributed by atoms with E-state index in [-0.39, 0.29) is 11.7 Å². The Morgan fingerprint density at radius 3 is 2.26 bits per heavy atom. The summed E-state index contributed by atoms with van der Waals surface area (Å²) in [4.78, 5) is 12.5. The maximum atomic E-state index is 14.2. The molecule has 0 saturated carbocycles. The third-order valence-corrected chi connectivity index (χ3v) is 5.91. The number of carbonyl (C=O) groups is 1. The smallest absolute Gasteiger partial charge is 0.304 e. The van der Waals surface area contributed by atoms with Crippen molar-refractivity contribution in [2.75, 3.05) is 24.9 Å². The summed E-state index contributed by atoms with van der Waals surface area (Å²) in [6.07, 6.45) is 0. The molecule has 146 valence electrons. The molecule has 2 aromatic rings. The van der Waals surface area contributed by atoms with Gasteiger partial charge in [-0.3, -0.25) is 4.79 Å². The summed E-state index contributed by atoms with van der Waals surface area (Å²) in [6, 6.07) is 12.8. The number of anilines is 1. The van der Waals surface area contributed by atoms with E-state index in [0.717, 1.165) is 25.8 Å². The molecular weight excluding hydrogens is 369 g/mol. The number of halogens is 1. The molecule has 2 rings (SSSR count). The molecule has 0 spiro atoms. The molecule has 0 radical (unpaired) electrons. The Morgan fingerprint density at radius 1 is 1.11 bits per heavy atom. The van der Waals surface area contributed by atoms with Gasteiger partial charge in [-0.05, 0) is 31.5 Å². The van der Waals surface area contributed by atoms with Gasteiger partial charge in [-0.25, -0.2) is 8.70 Å². The maximum absolute atomic E-state index is 14.2. The molecule has 27 heavy (non-hydrogen) atoms. The highest BCUT2D eigenvalue weighted by molar-refractivity contribution is 7.90. The van der Waals surface area contributed by atoms with E-state index < -0.39 is 28.5 Å². The molecule has 0 aliphatic rings. The number of aryl methyl sites for hydroxylation is 1. The normalized spacial score (nSPS) is 12.7. The quantitative estimate of drug-likeness (QED) is 0.786. The average molecular weight is 393 g/mol. The highest BCUT2D eigenvalue weighted by atomic mass is 32.2. The fraction of sp³-hybridized carbons (Fsp3) is 0.316. The number of carbonyl (C=O) groups excluding carboxylic acids is 1. The minimum Gasteiger partial charge on any atom is -0.348 e. The first-order chi connectivity index (χ1) is 12.6. The van der Waals surface area contributed by atoms with Gasteiger partial charge in [0.25, 0.3) is 0 Å². The summed E-state index contributed by atoms with van der Waals surface area (Å²) in [5.74, 6) is -1.25. The molecule has 6 nitrogen and oxygen atoms in total. The highest BCUT2D eigenvalue weighted by Crippen LogP contribution is 2.23. The van der Waals surface area contributed by atoms with E-state index in [4.69, 9.17) is 0 Å². The zero-order valence-corrected chi connectivity index (χ0v) is 16.6. The predicted molar refractivity (Wildman–Crippen MR) is 104 cm³/mol. The second kappa shape index (κ2) is 8.49. The van der Waals surface area contributed by atoms with Crippen molar-refractivity contribution in [3.63, 3.8) is 0 Å². The standard InChI is InChI=1S/C19H24FN3O3S/c1-14-9-11-16(12-10-14)15(2)21-19(24)13-23(27(25,26)22(3)4)18-8-6-5-7-17(18)20/h5-12,15H,13H2,1-4H3,(H,21,24)/t15-/m0/s1. The lowest BCUT2D eigenvalue weighted by Crippen LogP contribution is -2.46. The van der Waals surface area contributed by atoms with Gasteiger partial charge in [-0.15, -0.1) is 0 Å². The Kier molecular flexibility index (Phi) is 6.56. The zero-order valence-electron chi connectivity index (χ0n) is 15.8. The second-order valence-electron chi connectivity index (χ2n) is 6.45. The Morgan fingerprint density at radius 2 is 1.70 bits per heavy atom. The number of benzene rings is 2. The van der Waals surface area contributed by atoms with Gasteiger partial charge in [-0.2, -0.15) is 12.7 Å². The van der Waals surface area contributed by atoms with E-state index >= 15 is 0 Å². The van der Waals surface area contributed by atoms with Crippen LogP contribution in [0.15, 0.2) is 48.5 Å². The SMILES string of the molecule is Cc1ccc([C@H](C)NC(=O)CN(c2ccccc2F)S(=O)(=O)N(C)C)cc1. The first-order valence-electron chi connectivity index (χ1n) is 8.43. The Labute approximate surface area is 159 Å². The molecule has 8 heteroatoms. The number of rotatable bonds is 7. The van der Waals surface area contributed by atoms with Gasteiger partial charge in [0.2, 0.25) is 5.91 Å². The molecule has 0 fully saturated rings. The van der Waals surface area contributed by atoms with Crippen LogP contribution in [0.3, 0.4) is 0 Å². The molecule has 0 aromatic heterocycles. The maximum Gasteiger partial charge on any atom is 0.304 e. The molecule has 2 aromatic carbocycles. The van der Waals surface area contributed by atoms with Crippen molar-refractivity contribution in [3.8, 4) is 0 Å². The molecule has 1 atom stereocenters. The van der Waals surface area contributed by atoms with Crippen LogP contribution in [0.1, 0.15) is 24.1 Å². The molecule has 0 aliphatic carbocycles. The number of hydrogen-bond acceptors (Lipinski definition) is 3. The van der Waals surface area contributed by atoms with Crippen LogP contribution >= 0.6 is 0 Å². The van der Waals surface area contributed by atoms with Crippen LogP contribution < -0.4 is 9.62 Å². The molecule has 0 saturated heterocycles. The van der Waals surface area contributed by atoms with Gasteiger partial charge in [-0.1, -0.05) is 42.0 Å². The van der Waals surface area contributed by atoms with Crippen molar-refractivity contribution in [1.82, 2.24) is 9.62 Å². The lowest BCUT2D eigenvalue weighted by molar-refractivity contribution is -0.120. The lowest BCUT2D eigenvalue weighted by atomic mass is 10.1. The number of nitrogens with one attached hydrogen (secondary N) is 1. The topological polar surface area (TPSA) is 69.7 Å². The van der Waals surface area contributed by atoms with Crippen LogP contribution in [0, 0.1) is 12.7 Å². The van der Waals surface area contributed by atoms with E-state index in [0.29, 0.717) is 0 Å². The van der Waals surface area contributed by atoms with Crippen molar-refractivity contribution < 1.29 is 17.6 Å². The van der Waals surface area contributed by atoms with Crippen LogP contribution in [0.5, 0.6) is 0 Å². The van der Waals surface area contributed by atoms with Gasteiger partial charge in [0, 0.05) is 14.1 Å². The highest BCUT2D eigenvalue weighted by Gasteiger charge is 2.29. The van der Waals surface area contributed by atoms with Crippen molar-refractivity contribution in [3.05, 3.63) is 65.5 Å². The number of nitrogens with zero attached hydrogens (tertiary/aromatic N) is 2. The van der Waals surface area contributed by atoms with Crippen molar-refractivity contribution >= 4 is 21.8 Å². The van der Waals surface area contributed by atoms with Crippen LogP contribution in [0.25, 0.3) is 0 Å². The Bertz CT molecular complexity index is 899. The van der Waals surface area contributed by atoms with E-state index in [1.807, 2.05) is 31.2 Å². The number of para-hydroxylation sites is 1. The summed E-state index contributed by atoms with van der Waals surface area (Å²) < 4.78 is 41.1. The minimum atomic E-state index is -4.05. The van der Waals surface area contributed by atoms with Crippen molar-refractivity contribution in [2.24, 2.45) is 0 Å². The first-order valence-corrected chi connectivity index (χ1v) is 9.83. The third kappa shape index (κ3) is 5.05. The lowest BCUT2D eigenvalue weighted by Gasteiger charge is -2.27. The monoisotopic (exact) mass is 393 g/mol. The van der Waals surface area contributed by atoms with Crippen LogP contribution in [0.4, 0.5) is 10.1 Å². The number of amides is 1. The fourth-order valence-corrected chi connectivity index (χ4v) is 3.57. The molecule has 1 N–H and O–H groups in total. The van der Waals surface area contributed by atoms with E-state index in [9.17, 15) is 17.6 Å². The molecular formula is C19H24FN3O3S. The third-order valence-electron chi connectivity index (χ3n) is 4.10. The van der Waals surface area contributed by atoms with E-state index in [2.05, 4.69) is 5.32 Å². The summed E-state index contributed by atoms with van der Waals surface area (Å²) in [5, 5.41) is 2.76. The molecule has 0 heterocycles. The second-order valence-corrected chi connectivity index (χ2v) is 8.51. The number of hydrogen-bond donors (Lipinski definition) is 1. The van der Waals surface area contributed by atoms with Gasteiger partial charge in [0.1, 0.15) is 12.4 Å². The van der Waals surface area contributed by atoms with Crippen LogP contribution in [-0.2, 0) is 15.0 Å². The average Bonchev–Trinajstić information content (AvgIpc) is 2.60. The molecule has 0 unspecified atom stereocenters. The van der Waals surface area contributed by atoms with Gasteiger partial charge in [0.05, 0.1) is 11.7 Å². The van der Waals surface area contributed by atoms with Crippen LogP contribution in [0.2, 0.25) is 0 Å². The Balaban J connectivity index is 2.23. The predicted octanol–water partition coefficient (Wildman–Crippen LogP) is 2.62. The molecule has 1 amide bonds. The van der Waals surface area contributed by atoms with Crippen LogP contribution in [-0.4, -0.2) is 39.3 Å². The first kappa shape index (κ1) is 20.9. The fourth-order valence-electron chi connectivity index (χ4n) is 2.50. The van der Waals surface area contributed by atoms with E-state index in [1.54, 1.807) is 6.92 Å². The largest absolute Gasteiger partial charge is 0.348 e. The summed E-state index contributed by atoms with van der Waals surface area (Å²) >= 11 is 0. The minimum absolute atomic E-state index is 0.177. The Hall–Kier alpha value is -2.45. The van der Waals surface area contributed by atoms with Gasteiger partial charge >= 0.3 is 10.2 Å². The van der Waals surface area contributed by atoms with Crippen molar-refractivity contribution in [1.29, 1.82) is 0 Å². The van der Waals surface area contributed by atoms with E-state index in [1.165, 1.54) is 32.3 Å². The molecule has 0 aliphatic heterocycles. The summed E-state index contributed by atoms with van der Waals surface area (Å²) in [5.41, 5.74) is 1.81. The summed E-state index contributed by atoms with van der Waals surface area (Å²) in [7, 11) is -1.39.